The molecule has 37 heavy (non-hydrogen) atoms. The van der Waals surface area contributed by atoms with E-state index in [9.17, 15) is 19.2 Å². The fraction of sp³-hybridized carbons (Fsp3) is 0.308. The van der Waals surface area contributed by atoms with Crippen molar-refractivity contribution in [3.63, 3.8) is 0 Å². The van der Waals surface area contributed by atoms with Crippen LogP contribution in [0, 0.1) is 5.92 Å². The summed E-state index contributed by atoms with van der Waals surface area (Å²) in [5, 5.41) is 8.33. The van der Waals surface area contributed by atoms with Gasteiger partial charge in [0.15, 0.2) is 0 Å². The maximum absolute atomic E-state index is 12.7. The number of ether oxygens (including phenoxy) is 1. The molecule has 1 atom stereocenters. The van der Waals surface area contributed by atoms with Gasteiger partial charge in [-0.05, 0) is 49.6 Å². The van der Waals surface area contributed by atoms with E-state index in [-0.39, 0.29) is 27.8 Å². The number of likely N-dealkylation sites (tertiary alicyclic amines) is 1. The van der Waals surface area contributed by atoms with E-state index >= 15 is 0 Å². The number of esters is 1. The molecule has 3 N–H and O–H groups in total. The van der Waals surface area contributed by atoms with Gasteiger partial charge in [-0.1, -0.05) is 47.5 Å². The van der Waals surface area contributed by atoms with E-state index in [4.69, 9.17) is 23.2 Å². The zero-order chi connectivity index (χ0) is 26.9. The minimum absolute atomic E-state index is 0.146. The number of para-hydroxylation sites is 1. The Labute approximate surface area is 225 Å². The molecule has 1 fully saturated rings. The first-order valence-electron chi connectivity index (χ1n) is 11.7. The van der Waals surface area contributed by atoms with E-state index in [0.717, 1.165) is 0 Å². The van der Waals surface area contributed by atoms with Crippen LogP contribution in [0.3, 0.4) is 0 Å². The summed E-state index contributed by atoms with van der Waals surface area (Å²) in [4.78, 5) is 50.4. The van der Waals surface area contributed by atoms with E-state index in [1.807, 2.05) is 6.07 Å². The van der Waals surface area contributed by atoms with E-state index in [2.05, 4.69) is 20.7 Å². The Hall–Kier alpha value is -3.56. The highest BCUT2D eigenvalue weighted by molar-refractivity contribution is 6.45. The number of hydrogen-bond acceptors (Lipinski definition) is 5. The minimum Gasteiger partial charge on any atom is -0.467 e. The van der Waals surface area contributed by atoms with Crippen LogP contribution in [0.4, 0.5) is 16.2 Å². The lowest BCUT2D eigenvalue weighted by Gasteiger charge is -2.31. The molecule has 0 radical (unpaired) electrons. The quantitative estimate of drug-likeness (QED) is 0.347. The SMILES string of the molecule is COC(=O)[C@H](C)NC(=O)C1CCN(C(=O)/C=C/c2ccc(NC(=O)Nc3ccccc3)c(Cl)c2Cl)CC1. The van der Waals surface area contributed by atoms with Gasteiger partial charge in [0.1, 0.15) is 6.04 Å². The van der Waals surface area contributed by atoms with Crippen LogP contribution in [0.15, 0.2) is 48.5 Å². The van der Waals surface area contributed by atoms with Crippen LogP contribution >= 0.6 is 23.2 Å². The summed E-state index contributed by atoms with van der Waals surface area (Å²) in [7, 11) is 1.26. The Morgan fingerprint density at radius 2 is 1.68 bits per heavy atom. The van der Waals surface area contributed by atoms with E-state index in [1.54, 1.807) is 54.3 Å². The monoisotopic (exact) mass is 546 g/mol. The first kappa shape index (κ1) is 28.0. The number of hydrogen-bond donors (Lipinski definition) is 3. The fourth-order valence-electron chi connectivity index (χ4n) is 3.79. The zero-order valence-corrected chi connectivity index (χ0v) is 21.9. The van der Waals surface area contributed by atoms with Gasteiger partial charge in [-0.2, -0.15) is 0 Å². The Kier molecular flexibility index (Phi) is 9.93. The van der Waals surface area contributed by atoms with Crippen molar-refractivity contribution in [1.29, 1.82) is 0 Å². The number of benzene rings is 2. The molecule has 196 valence electrons. The van der Waals surface area contributed by atoms with Gasteiger partial charge in [0.25, 0.3) is 0 Å². The number of nitrogens with zero attached hydrogens (tertiary/aromatic N) is 1. The third-order valence-corrected chi connectivity index (χ3v) is 6.78. The third kappa shape index (κ3) is 7.71. The number of halogens is 2. The summed E-state index contributed by atoms with van der Waals surface area (Å²) in [6.07, 6.45) is 3.92. The predicted molar refractivity (Wildman–Crippen MR) is 144 cm³/mol. The number of carbonyl (C=O) groups is 4. The van der Waals surface area contributed by atoms with Gasteiger partial charge < -0.3 is 25.6 Å². The van der Waals surface area contributed by atoms with E-state index < -0.39 is 18.0 Å². The molecule has 4 amide bonds. The molecule has 2 aromatic carbocycles. The molecule has 1 saturated heterocycles. The molecule has 0 saturated carbocycles. The molecule has 3 rings (SSSR count). The van der Waals surface area contributed by atoms with E-state index in [1.165, 1.54) is 13.2 Å². The summed E-state index contributed by atoms with van der Waals surface area (Å²) in [5.41, 5.74) is 1.46. The Morgan fingerprint density at radius 1 is 1.00 bits per heavy atom. The Bertz CT molecular complexity index is 1180. The Morgan fingerprint density at radius 3 is 2.32 bits per heavy atom. The molecule has 0 unspecified atom stereocenters. The molecule has 0 bridgehead atoms. The molecule has 9 nitrogen and oxygen atoms in total. The number of nitrogens with one attached hydrogen (secondary N) is 3. The van der Waals surface area contributed by atoms with Crippen molar-refractivity contribution in [3.05, 3.63) is 64.1 Å². The number of urea groups is 1. The second-order valence-electron chi connectivity index (χ2n) is 8.46. The first-order chi connectivity index (χ1) is 17.7. The number of rotatable bonds is 7. The van der Waals surface area contributed by atoms with Crippen LogP contribution in [0.25, 0.3) is 6.08 Å². The highest BCUT2D eigenvalue weighted by Crippen LogP contribution is 2.34. The van der Waals surface area contributed by atoms with Crippen molar-refractivity contribution >= 4 is 64.5 Å². The molecule has 0 spiro atoms. The molecule has 2 aromatic rings. The second-order valence-corrected chi connectivity index (χ2v) is 9.22. The van der Waals surface area contributed by atoms with Gasteiger partial charge in [0, 0.05) is 30.8 Å². The number of carbonyl (C=O) groups excluding carboxylic acids is 4. The summed E-state index contributed by atoms with van der Waals surface area (Å²) in [5.74, 6) is -1.25. The van der Waals surface area contributed by atoms with Gasteiger partial charge in [-0.25, -0.2) is 9.59 Å². The number of amides is 4. The molecular formula is C26H28Cl2N4O5. The van der Waals surface area contributed by atoms with Gasteiger partial charge in [-0.3, -0.25) is 9.59 Å². The van der Waals surface area contributed by atoms with Crippen molar-refractivity contribution in [2.75, 3.05) is 30.8 Å². The van der Waals surface area contributed by atoms with Crippen molar-refractivity contribution in [3.8, 4) is 0 Å². The maximum Gasteiger partial charge on any atom is 0.328 e. The molecule has 11 heteroatoms. The largest absolute Gasteiger partial charge is 0.467 e. The fourth-order valence-corrected chi connectivity index (χ4v) is 4.24. The lowest BCUT2D eigenvalue weighted by atomic mass is 9.95. The van der Waals surface area contributed by atoms with Gasteiger partial charge >= 0.3 is 12.0 Å². The van der Waals surface area contributed by atoms with Crippen LogP contribution in [0.2, 0.25) is 10.0 Å². The van der Waals surface area contributed by atoms with Crippen molar-refractivity contribution in [1.82, 2.24) is 10.2 Å². The maximum atomic E-state index is 12.7. The minimum atomic E-state index is -0.725. The number of piperidine rings is 1. The van der Waals surface area contributed by atoms with Crippen LogP contribution in [0.5, 0.6) is 0 Å². The van der Waals surface area contributed by atoms with E-state index in [0.29, 0.717) is 42.9 Å². The lowest BCUT2D eigenvalue weighted by molar-refractivity contribution is -0.145. The van der Waals surface area contributed by atoms with Crippen molar-refractivity contribution < 1.29 is 23.9 Å². The predicted octanol–water partition coefficient (Wildman–Crippen LogP) is 4.57. The summed E-state index contributed by atoms with van der Waals surface area (Å²) in [6.45, 7) is 2.37. The summed E-state index contributed by atoms with van der Waals surface area (Å²) >= 11 is 12.7. The smallest absolute Gasteiger partial charge is 0.328 e. The molecule has 0 aromatic heterocycles. The van der Waals surface area contributed by atoms with Crippen molar-refractivity contribution in [2.45, 2.75) is 25.8 Å². The van der Waals surface area contributed by atoms with Crippen molar-refractivity contribution in [2.24, 2.45) is 5.92 Å². The summed E-state index contributed by atoms with van der Waals surface area (Å²) < 4.78 is 4.62. The van der Waals surface area contributed by atoms with Crippen LogP contribution in [0.1, 0.15) is 25.3 Å². The molecule has 1 heterocycles. The Balaban J connectivity index is 1.53. The zero-order valence-electron chi connectivity index (χ0n) is 20.4. The van der Waals surface area contributed by atoms with Crippen LogP contribution in [-0.2, 0) is 19.1 Å². The second kappa shape index (κ2) is 13.1. The van der Waals surface area contributed by atoms with Gasteiger partial charge in [-0.15, -0.1) is 0 Å². The molecule has 0 aliphatic carbocycles. The average Bonchev–Trinajstić information content (AvgIpc) is 2.90. The summed E-state index contributed by atoms with van der Waals surface area (Å²) in [6, 6.07) is 11.0. The lowest BCUT2D eigenvalue weighted by Crippen LogP contribution is -2.46. The standard InChI is InChI=1S/C26H28Cl2N4O5/c1-16(25(35)37-2)29-24(34)18-12-14-32(15-13-18)21(33)11-9-17-8-10-20(23(28)22(17)27)31-26(36)30-19-6-4-3-5-7-19/h3-11,16,18H,12-15H2,1-2H3,(H,29,34)(H2,30,31,36)/b11-9+/t16-/m0/s1. The third-order valence-electron chi connectivity index (χ3n) is 5.89. The average molecular weight is 547 g/mol. The van der Waals surface area contributed by atoms with Gasteiger partial charge in [0.05, 0.1) is 22.8 Å². The molecule has 1 aliphatic rings. The highest BCUT2D eigenvalue weighted by Gasteiger charge is 2.28. The molecular weight excluding hydrogens is 519 g/mol. The first-order valence-corrected chi connectivity index (χ1v) is 12.4. The highest BCUT2D eigenvalue weighted by atomic mass is 35.5. The van der Waals surface area contributed by atoms with Crippen LogP contribution in [-0.4, -0.2) is 55.0 Å². The number of anilines is 2. The normalized spacial score (nSPS) is 14.6. The topological polar surface area (TPSA) is 117 Å². The molecule has 1 aliphatic heterocycles. The van der Waals surface area contributed by atoms with Gasteiger partial charge in [0.2, 0.25) is 11.8 Å². The van der Waals surface area contributed by atoms with Crippen LogP contribution < -0.4 is 16.0 Å². The number of methoxy groups -OCH3 is 1.